The van der Waals surface area contributed by atoms with Gasteiger partial charge in [0.2, 0.25) is 0 Å². The average molecular weight is 377 g/mol. The van der Waals surface area contributed by atoms with Crippen LogP contribution < -0.4 is 4.74 Å². The number of ether oxygens (including phenoxy) is 1. The third kappa shape index (κ3) is 3.05. The number of nitrogens with zero attached hydrogens (tertiary/aromatic N) is 6. The van der Waals surface area contributed by atoms with Gasteiger partial charge in [0.1, 0.15) is 17.3 Å². The van der Waals surface area contributed by atoms with Crippen LogP contribution in [0.1, 0.15) is 17.9 Å². The number of methoxy groups -OCH3 is 1. The Bertz CT molecular complexity index is 1120. The highest BCUT2D eigenvalue weighted by molar-refractivity contribution is 5.80. The minimum atomic E-state index is 0.791. The first kappa shape index (κ1) is 17.0. The van der Waals surface area contributed by atoms with Crippen molar-refractivity contribution in [3.8, 4) is 17.3 Å². The molecule has 0 atom stereocenters. The van der Waals surface area contributed by atoms with Crippen LogP contribution in [-0.2, 0) is 26.7 Å². The number of imidazole rings is 2. The van der Waals surface area contributed by atoms with Gasteiger partial charge in [0, 0.05) is 45.1 Å². The highest BCUT2D eigenvalue weighted by Crippen LogP contribution is 2.25. The van der Waals surface area contributed by atoms with E-state index in [0.717, 1.165) is 66.7 Å². The summed E-state index contributed by atoms with van der Waals surface area (Å²) in [6.07, 6.45) is 4.91. The number of H-pyrrole nitrogens is 1. The number of aromatic nitrogens is 6. The third-order valence-electron chi connectivity index (χ3n) is 5.31. The molecule has 0 radical (unpaired) electrons. The molecule has 0 fully saturated rings. The highest BCUT2D eigenvalue weighted by Gasteiger charge is 2.19. The van der Waals surface area contributed by atoms with Crippen LogP contribution in [0.4, 0.5) is 0 Å². The molecule has 0 spiro atoms. The quantitative estimate of drug-likeness (QED) is 0.591. The first-order valence-corrected chi connectivity index (χ1v) is 9.49. The summed E-state index contributed by atoms with van der Waals surface area (Å²) in [5, 5.41) is 4.81. The van der Waals surface area contributed by atoms with Crippen LogP contribution in [-0.4, -0.2) is 47.9 Å². The predicted molar refractivity (Wildman–Crippen MR) is 106 cm³/mol. The molecule has 1 N–H and O–H groups in total. The molecule has 0 unspecified atom stereocenters. The van der Waals surface area contributed by atoms with Crippen LogP contribution in [0.15, 0.2) is 36.7 Å². The summed E-state index contributed by atoms with van der Waals surface area (Å²) in [5.41, 5.74) is 3.95. The van der Waals surface area contributed by atoms with E-state index >= 15 is 0 Å². The Labute approximate surface area is 162 Å². The molecule has 5 rings (SSSR count). The summed E-state index contributed by atoms with van der Waals surface area (Å²) in [4.78, 5) is 15.0. The van der Waals surface area contributed by atoms with Crippen molar-refractivity contribution >= 4 is 11.0 Å². The SMILES string of the molecule is COc1ccc2nc(-c3cc4n(n3)CCCN(Cc3nccn3C)C4)[nH]c2c1. The van der Waals surface area contributed by atoms with Gasteiger partial charge < -0.3 is 14.3 Å². The van der Waals surface area contributed by atoms with Crippen molar-refractivity contribution in [3.63, 3.8) is 0 Å². The number of aryl methyl sites for hydroxylation is 2. The number of hydrogen-bond donors (Lipinski definition) is 1. The molecular formula is C20H23N7O. The van der Waals surface area contributed by atoms with Crippen LogP contribution in [0.5, 0.6) is 5.75 Å². The summed E-state index contributed by atoms with van der Waals surface area (Å²) in [6.45, 7) is 3.65. The monoisotopic (exact) mass is 377 g/mol. The zero-order valence-corrected chi connectivity index (χ0v) is 16.1. The van der Waals surface area contributed by atoms with Crippen LogP contribution in [0.25, 0.3) is 22.6 Å². The number of aromatic amines is 1. The second-order valence-corrected chi connectivity index (χ2v) is 7.23. The van der Waals surface area contributed by atoms with E-state index in [1.54, 1.807) is 7.11 Å². The van der Waals surface area contributed by atoms with Crippen molar-refractivity contribution < 1.29 is 4.74 Å². The summed E-state index contributed by atoms with van der Waals surface area (Å²) in [7, 11) is 3.71. The predicted octanol–water partition coefficient (Wildman–Crippen LogP) is 2.57. The molecule has 0 aliphatic carbocycles. The standard InChI is InChI=1S/C20H23N7O/c1-25-9-6-21-19(25)13-26-7-3-8-27-14(12-26)10-18(24-27)20-22-16-5-4-15(28-2)11-17(16)23-20/h4-6,9-11H,3,7-8,12-13H2,1-2H3,(H,22,23). The van der Waals surface area contributed by atoms with E-state index in [2.05, 4.69) is 30.2 Å². The normalized spacial score (nSPS) is 14.9. The van der Waals surface area contributed by atoms with Crippen LogP contribution >= 0.6 is 0 Å². The van der Waals surface area contributed by atoms with Gasteiger partial charge in [-0.1, -0.05) is 0 Å². The van der Waals surface area contributed by atoms with Crippen molar-refractivity contribution in [2.24, 2.45) is 7.05 Å². The van der Waals surface area contributed by atoms with E-state index in [0.29, 0.717) is 0 Å². The van der Waals surface area contributed by atoms with Gasteiger partial charge in [-0.25, -0.2) is 9.97 Å². The molecule has 28 heavy (non-hydrogen) atoms. The summed E-state index contributed by atoms with van der Waals surface area (Å²) >= 11 is 0. The maximum absolute atomic E-state index is 5.30. The molecule has 1 aliphatic rings. The van der Waals surface area contributed by atoms with Gasteiger partial charge in [0.05, 0.1) is 30.4 Å². The molecule has 144 valence electrons. The Balaban J connectivity index is 1.42. The van der Waals surface area contributed by atoms with Crippen LogP contribution in [0.3, 0.4) is 0 Å². The van der Waals surface area contributed by atoms with Crippen molar-refractivity contribution in [2.75, 3.05) is 13.7 Å². The molecule has 0 amide bonds. The van der Waals surface area contributed by atoms with E-state index < -0.39 is 0 Å². The molecular weight excluding hydrogens is 354 g/mol. The molecule has 0 bridgehead atoms. The van der Waals surface area contributed by atoms with Crippen LogP contribution in [0, 0.1) is 0 Å². The number of fused-ring (bicyclic) bond motifs is 2. The first-order valence-electron chi connectivity index (χ1n) is 9.49. The number of hydrogen-bond acceptors (Lipinski definition) is 5. The van der Waals surface area contributed by atoms with E-state index in [9.17, 15) is 0 Å². The van der Waals surface area contributed by atoms with E-state index in [1.165, 1.54) is 5.69 Å². The molecule has 0 saturated heterocycles. The maximum atomic E-state index is 5.30. The van der Waals surface area contributed by atoms with E-state index in [-0.39, 0.29) is 0 Å². The lowest BCUT2D eigenvalue weighted by Gasteiger charge is -2.18. The largest absolute Gasteiger partial charge is 0.497 e. The summed E-state index contributed by atoms with van der Waals surface area (Å²) in [5.74, 6) is 2.69. The van der Waals surface area contributed by atoms with E-state index in [1.807, 2.05) is 37.6 Å². The van der Waals surface area contributed by atoms with Crippen molar-refractivity contribution in [1.82, 2.24) is 34.2 Å². The molecule has 4 aromatic rings. The minimum absolute atomic E-state index is 0.791. The van der Waals surface area contributed by atoms with Crippen molar-refractivity contribution in [3.05, 3.63) is 48.2 Å². The molecule has 3 aromatic heterocycles. The van der Waals surface area contributed by atoms with Crippen molar-refractivity contribution in [1.29, 1.82) is 0 Å². The molecule has 8 nitrogen and oxygen atoms in total. The van der Waals surface area contributed by atoms with Crippen LogP contribution in [0.2, 0.25) is 0 Å². The van der Waals surface area contributed by atoms with Gasteiger partial charge in [-0.2, -0.15) is 5.10 Å². The summed E-state index contributed by atoms with van der Waals surface area (Å²) in [6, 6.07) is 7.99. The number of nitrogens with one attached hydrogen (secondary N) is 1. The van der Waals surface area contributed by atoms with Crippen molar-refractivity contribution in [2.45, 2.75) is 26.1 Å². The Morgan fingerprint density at radius 1 is 1.21 bits per heavy atom. The Morgan fingerprint density at radius 2 is 2.14 bits per heavy atom. The third-order valence-corrected chi connectivity index (χ3v) is 5.31. The minimum Gasteiger partial charge on any atom is -0.497 e. The van der Waals surface area contributed by atoms with E-state index in [4.69, 9.17) is 14.8 Å². The van der Waals surface area contributed by atoms with Gasteiger partial charge in [-0.15, -0.1) is 0 Å². The van der Waals surface area contributed by atoms with Gasteiger partial charge in [0.15, 0.2) is 5.82 Å². The fourth-order valence-electron chi connectivity index (χ4n) is 3.77. The molecule has 0 saturated carbocycles. The second-order valence-electron chi connectivity index (χ2n) is 7.23. The number of rotatable bonds is 4. The topological polar surface area (TPSA) is 76.8 Å². The fourth-order valence-corrected chi connectivity index (χ4v) is 3.77. The second kappa shape index (κ2) is 6.79. The van der Waals surface area contributed by atoms with Gasteiger partial charge >= 0.3 is 0 Å². The highest BCUT2D eigenvalue weighted by atomic mass is 16.5. The fraction of sp³-hybridized carbons (Fsp3) is 0.350. The lowest BCUT2D eigenvalue weighted by molar-refractivity contribution is 0.252. The van der Waals surface area contributed by atoms with Gasteiger partial charge in [0.25, 0.3) is 0 Å². The first-order chi connectivity index (χ1) is 13.7. The summed E-state index contributed by atoms with van der Waals surface area (Å²) < 4.78 is 9.49. The molecule has 1 aliphatic heterocycles. The Hall–Kier alpha value is -3.13. The zero-order valence-electron chi connectivity index (χ0n) is 16.1. The zero-order chi connectivity index (χ0) is 19.1. The smallest absolute Gasteiger partial charge is 0.159 e. The Kier molecular flexibility index (Phi) is 4.12. The molecule has 4 heterocycles. The van der Waals surface area contributed by atoms with Gasteiger partial charge in [-0.3, -0.25) is 9.58 Å². The lowest BCUT2D eigenvalue weighted by atomic mass is 10.3. The van der Waals surface area contributed by atoms with Gasteiger partial charge in [-0.05, 0) is 24.6 Å². The molecule has 8 heteroatoms. The average Bonchev–Trinajstić information content (AvgIpc) is 3.37. The number of benzene rings is 1. The maximum Gasteiger partial charge on any atom is 0.159 e. The molecule has 1 aromatic carbocycles. The lowest BCUT2D eigenvalue weighted by Crippen LogP contribution is -2.24. The Morgan fingerprint density at radius 3 is 2.96 bits per heavy atom.